The van der Waals surface area contributed by atoms with Crippen molar-refractivity contribution in [2.24, 2.45) is 0 Å². The van der Waals surface area contributed by atoms with Gasteiger partial charge in [0, 0.05) is 0 Å². The molecule has 30 valence electrons. The Labute approximate surface area is 55.1 Å². The van der Waals surface area contributed by atoms with Gasteiger partial charge in [0.15, 0.2) is 0 Å². The number of hydrogen-bond acceptors (Lipinski definition) is 0. The fraction of sp³-hybridized carbons (Fsp3) is 1.00. The van der Waals surface area contributed by atoms with Gasteiger partial charge in [0.25, 0.3) is 0 Å². The molecule has 0 aliphatic rings. The molecule has 0 spiro atoms. The third-order valence-electron chi connectivity index (χ3n) is 0.267. The van der Waals surface area contributed by atoms with Crippen molar-refractivity contribution in [3.8, 4) is 0 Å². The van der Waals surface area contributed by atoms with Crippen molar-refractivity contribution in [1.29, 1.82) is 0 Å². The second-order valence-electron chi connectivity index (χ2n) is 0.732. The van der Waals surface area contributed by atoms with Crippen molar-refractivity contribution < 1.29 is 0 Å². The fourth-order valence-electron chi connectivity index (χ4n) is 0.0505. The first-order valence-corrected chi connectivity index (χ1v) is 4.18. The number of hydrogen-bond donors (Lipinski definition) is 0. The Morgan fingerprint density at radius 1 is 1.80 bits per heavy atom. The van der Waals surface area contributed by atoms with Crippen molar-refractivity contribution >= 4 is 44.5 Å². The van der Waals surface area contributed by atoms with E-state index in [1.807, 2.05) is 0 Å². The highest BCUT2D eigenvalue weighted by Gasteiger charge is 1.75. The average molecular weight is 247 g/mol. The molecular formula is C2H5BBrI. The zero-order valence-electron chi connectivity index (χ0n) is 2.88. The molecule has 0 aromatic heterocycles. The normalized spacial score (nSPS) is 7.60. The van der Waals surface area contributed by atoms with Gasteiger partial charge in [-0.3, -0.25) is 0 Å². The molecule has 0 aromatic carbocycles. The highest BCUT2D eigenvalue weighted by Crippen LogP contribution is 1.89. The molecule has 0 bridgehead atoms. The molecule has 3 heteroatoms. The van der Waals surface area contributed by atoms with Gasteiger partial charge in [0.1, 0.15) is 0 Å². The summed E-state index contributed by atoms with van der Waals surface area (Å²) in [4.78, 5) is 0. The van der Waals surface area contributed by atoms with E-state index in [4.69, 9.17) is 0 Å². The van der Waals surface area contributed by atoms with Gasteiger partial charge in [-0.2, -0.15) is 15.8 Å². The van der Waals surface area contributed by atoms with E-state index < -0.39 is 0 Å². The molecule has 0 fully saturated rings. The van der Waals surface area contributed by atoms with Gasteiger partial charge in [-0.05, 0) is 4.43 Å². The first-order chi connectivity index (χ1) is 2.41. The van der Waals surface area contributed by atoms with Crippen LogP contribution in [0.25, 0.3) is 0 Å². The van der Waals surface area contributed by atoms with Crippen LogP contribution in [0.5, 0.6) is 0 Å². The minimum atomic E-state index is 1.15. The monoisotopic (exact) mass is 246 g/mol. The van der Waals surface area contributed by atoms with Gasteiger partial charge in [0.2, 0.25) is 6.10 Å². The van der Waals surface area contributed by atoms with Crippen LogP contribution >= 0.6 is 38.3 Å². The maximum absolute atomic E-state index is 3.30. The zero-order chi connectivity index (χ0) is 4.12. The molecule has 0 saturated heterocycles. The second-order valence-corrected chi connectivity index (χ2v) is 2.60. The molecule has 0 aliphatic heterocycles. The van der Waals surface area contributed by atoms with Gasteiger partial charge in [-0.15, -0.1) is 0 Å². The van der Waals surface area contributed by atoms with E-state index in [2.05, 4.69) is 38.3 Å². The second kappa shape index (κ2) is 5.27. The molecule has 0 saturated carbocycles. The summed E-state index contributed by atoms with van der Waals surface area (Å²) in [5, 5.41) is 0. The van der Waals surface area contributed by atoms with Crippen LogP contribution in [0.4, 0.5) is 0 Å². The van der Waals surface area contributed by atoms with Crippen LogP contribution in [0.15, 0.2) is 0 Å². The molecule has 0 radical (unpaired) electrons. The molecular weight excluding hydrogens is 242 g/mol. The molecule has 0 N–H and O–H groups in total. The molecule has 0 unspecified atom stereocenters. The van der Waals surface area contributed by atoms with Crippen molar-refractivity contribution in [3.63, 3.8) is 0 Å². The molecule has 0 amide bonds. The molecule has 0 aliphatic carbocycles. The summed E-state index contributed by atoms with van der Waals surface area (Å²) in [6.07, 6.45) is 2.44. The van der Waals surface area contributed by atoms with Gasteiger partial charge < -0.3 is 0 Å². The zero-order valence-corrected chi connectivity index (χ0v) is 6.62. The summed E-state index contributed by atoms with van der Waals surface area (Å²) >= 11 is 5.66. The van der Waals surface area contributed by atoms with E-state index in [-0.39, 0.29) is 0 Å². The first-order valence-electron chi connectivity index (χ1n) is 1.53. The van der Waals surface area contributed by atoms with E-state index >= 15 is 0 Å². The van der Waals surface area contributed by atoms with E-state index in [0.717, 1.165) is 6.10 Å². The van der Waals surface area contributed by atoms with Gasteiger partial charge >= 0.3 is 0 Å². The molecule has 0 heterocycles. The van der Waals surface area contributed by atoms with Crippen LogP contribution in [-0.4, -0.2) is 10.5 Å². The Morgan fingerprint density at radius 3 is 2.40 bits per heavy atom. The van der Waals surface area contributed by atoms with E-state index in [1.54, 1.807) is 0 Å². The molecule has 0 rings (SSSR count). The number of halogens is 2. The lowest BCUT2D eigenvalue weighted by Crippen LogP contribution is -1.72. The maximum Gasteiger partial charge on any atom is 0.205 e. The number of rotatable bonds is 2. The van der Waals surface area contributed by atoms with E-state index in [9.17, 15) is 0 Å². The van der Waals surface area contributed by atoms with Crippen molar-refractivity contribution in [2.75, 3.05) is 4.43 Å². The Bertz CT molecular complexity index is 17.1. The fourth-order valence-corrected chi connectivity index (χ4v) is 1.76. The predicted octanol–water partition coefficient (Wildman–Crippen LogP) is 1.59. The predicted molar refractivity (Wildman–Crippen MR) is 39.8 cm³/mol. The first kappa shape index (κ1) is 6.27. The lowest BCUT2D eigenvalue weighted by atomic mass is 10.1. The minimum absolute atomic E-state index is 1.15. The van der Waals surface area contributed by atoms with Gasteiger partial charge in [-0.25, -0.2) is 0 Å². The van der Waals surface area contributed by atoms with Crippen LogP contribution in [-0.2, 0) is 0 Å². The minimum Gasteiger partial charge on any atom is -0.162 e. The standard InChI is InChI=1S/C2H5BBrI/c4-3-1-2-5/h3H,1-2H2. The van der Waals surface area contributed by atoms with Crippen LogP contribution in [0.2, 0.25) is 6.32 Å². The van der Waals surface area contributed by atoms with Crippen LogP contribution in [0.1, 0.15) is 0 Å². The lowest BCUT2D eigenvalue weighted by molar-refractivity contribution is 1.55. The largest absolute Gasteiger partial charge is 0.205 e. The summed E-state index contributed by atoms with van der Waals surface area (Å²) in [6, 6.07) is 0. The topological polar surface area (TPSA) is 0 Å². The molecule has 0 aromatic rings. The van der Waals surface area contributed by atoms with Gasteiger partial charge in [-0.1, -0.05) is 28.9 Å². The van der Waals surface area contributed by atoms with Crippen LogP contribution in [0.3, 0.4) is 0 Å². The van der Waals surface area contributed by atoms with E-state index in [1.165, 1.54) is 10.7 Å². The Kier molecular flexibility index (Phi) is 6.62. The third-order valence-corrected chi connectivity index (χ3v) is 1.59. The van der Waals surface area contributed by atoms with Gasteiger partial charge in [0.05, 0.1) is 0 Å². The SMILES string of the molecule is BrBCCI. The Balaban J connectivity index is 2.19. The maximum atomic E-state index is 3.30. The highest BCUT2D eigenvalue weighted by atomic mass is 127. The summed E-state index contributed by atoms with van der Waals surface area (Å²) in [5.41, 5.74) is 0. The molecule has 5 heavy (non-hydrogen) atoms. The van der Waals surface area contributed by atoms with Crippen LogP contribution in [0, 0.1) is 0 Å². The molecule has 0 atom stereocenters. The van der Waals surface area contributed by atoms with Crippen molar-refractivity contribution in [1.82, 2.24) is 0 Å². The molecule has 0 nitrogen and oxygen atoms in total. The Morgan fingerprint density at radius 2 is 2.40 bits per heavy atom. The Hall–Kier alpha value is 1.27. The summed E-state index contributed by atoms with van der Waals surface area (Å²) in [7, 11) is 0. The highest BCUT2D eigenvalue weighted by molar-refractivity contribution is 14.1. The average Bonchev–Trinajstić information content (AvgIpc) is 1.41. The van der Waals surface area contributed by atoms with Crippen molar-refractivity contribution in [3.05, 3.63) is 0 Å². The number of alkyl halides is 1. The van der Waals surface area contributed by atoms with Crippen molar-refractivity contribution in [2.45, 2.75) is 6.32 Å². The van der Waals surface area contributed by atoms with Crippen LogP contribution < -0.4 is 0 Å². The smallest absolute Gasteiger partial charge is 0.162 e. The lowest BCUT2D eigenvalue weighted by Gasteiger charge is -1.73. The summed E-state index contributed by atoms with van der Waals surface area (Å²) < 4.78 is 1.27. The third kappa shape index (κ3) is 5.27. The quantitative estimate of drug-likeness (QED) is 0.394. The van der Waals surface area contributed by atoms with E-state index in [0.29, 0.717) is 0 Å². The summed E-state index contributed by atoms with van der Waals surface area (Å²) in [6.45, 7) is 0. The summed E-state index contributed by atoms with van der Waals surface area (Å²) in [5.74, 6) is 0.